The van der Waals surface area contributed by atoms with Crippen LogP contribution in [0, 0.1) is 12.8 Å². The van der Waals surface area contributed by atoms with E-state index in [0.29, 0.717) is 25.9 Å². The maximum absolute atomic E-state index is 12.6. The fourth-order valence-electron chi connectivity index (χ4n) is 3.28. The SMILES string of the molecule is CCCNC(=O)[C@@H]1CCC(=O)N(CC)[C@H]1c1ccccc1C. The lowest BCUT2D eigenvalue weighted by molar-refractivity contribution is -0.143. The van der Waals surface area contributed by atoms with Crippen molar-refractivity contribution < 1.29 is 9.59 Å². The third-order valence-electron chi connectivity index (χ3n) is 4.44. The highest BCUT2D eigenvalue weighted by molar-refractivity contribution is 5.85. The minimum atomic E-state index is -0.162. The molecular weight excluding hydrogens is 276 g/mol. The summed E-state index contributed by atoms with van der Waals surface area (Å²) in [5.74, 6) is 0.0571. The number of amides is 2. The molecule has 0 bridgehead atoms. The molecule has 1 saturated heterocycles. The van der Waals surface area contributed by atoms with Gasteiger partial charge < -0.3 is 10.2 Å². The predicted octanol–water partition coefficient (Wildman–Crippen LogP) is 2.82. The maximum atomic E-state index is 12.6. The fraction of sp³-hybridized carbons (Fsp3) is 0.556. The van der Waals surface area contributed by atoms with Crippen molar-refractivity contribution >= 4 is 11.8 Å². The Bertz CT molecular complexity index is 542. The average molecular weight is 302 g/mol. The second-order valence-electron chi connectivity index (χ2n) is 5.92. The topological polar surface area (TPSA) is 49.4 Å². The van der Waals surface area contributed by atoms with Crippen molar-refractivity contribution in [1.29, 1.82) is 0 Å². The van der Waals surface area contributed by atoms with Crippen molar-refractivity contribution in [3.63, 3.8) is 0 Å². The van der Waals surface area contributed by atoms with Crippen LogP contribution >= 0.6 is 0 Å². The van der Waals surface area contributed by atoms with Gasteiger partial charge in [0.15, 0.2) is 0 Å². The number of likely N-dealkylation sites (tertiary alicyclic amines) is 1. The molecule has 0 spiro atoms. The molecule has 2 rings (SSSR count). The number of nitrogens with zero attached hydrogens (tertiary/aromatic N) is 1. The minimum Gasteiger partial charge on any atom is -0.356 e. The van der Waals surface area contributed by atoms with Crippen LogP contribution < -0.4 is 5.32 Å². The molecule has 2 amide bonds. The van der Waals surface area contributed by atoms with Gasteiger partial charge in [-0.15, -0.1) is 0 Å². The summed E-state index contributed by atoms with van der Waals surface area (Å²) in [6, 6.07) is 7.91. The van der Waals surface area contributed by atoms with Gasteiger partial charge in [0, 0.05) is 19.5 Å². The summed E-state index contributed by atoms with van der Waals surface area (Å²) in [5.41, 5.74) is 2.22. The summed E-state index contributed by atoms with van der Waals surface area (Å²) in [7, 11) is 0. The molecule has 1 heterocycles. The fourth-order valence-corrected chi connectivity index (χ4v) is 3.28. The minimum absolute atomic E-state index is 0.0704. The monoisotopic (exact) mass is 302 g/mol. The van der Waals surface area contributed by atoms with E-state index < -0.39 is 0 Å². The number of rotatable bonds is 5. The van der Waals surface area contributed by atoms with Gasteiger partial charge in [-0.05, 0) is 37.8 Å². The molecule has 22 heavy (non-hydrogen) atoms. The predicted molar refractivity (Wildman–Crippen MR) is 87.3 cm³/mol. The second kappa shape index (κ2) is 7.43. The van der Waals surface area contributed by atoms with Crippen molar-refractivity contribution in [2.45, 2.75) is 46.1 Å². The van der Waals surface area contributed by atoms with Gasteiger partial charge in [-0.2, -0.15) is 0 Å². The number of nitrogens with one attached hydrogen (secondary N) is 1. The van der Waals surface area contributed by atoms with Crippen molar-refractivity contribution in [2.75, 3.05) is 13.1 Å². The van der Waals surface area contributed by atoms with Gasteiger partial charge >= 0.3 is 0 Å². The Labute approximate surface area is 132 Å². The quantitative estimate of drug-likeness (QED) is 0.909. The Morgan fingerprint density at radius 3 is 2.68 bits per heavy atom. The van der Waals surface area contributed by atoms with Gasteiger partial charge in [0.05, 0.1) is 12.0 Å². The van der Waals surface area contributed by atoms with E-state index in [4.69, 9.17) is 0 Å². The van der Waals surface area contributed by atoms with Crippen molar-refractivity contribution in [2.24, 2.45) is 5.92 Å². The van der Waals surface area contributed by atoms with Crippen LogP contribution in [-0.4, -0.2) is 29.8 Å². The van der Waals surface area contributed by atoms with Crippen LogP contribution in [0.25, 0.3) is 0 Å². The number of aryl methyl sites for hydroxylation is 1. The zero-order chi connectivity index (χ0) is 16.1. The van der Waals surface area contributed by atoms with Crippen molar-refractivity contribution in [1.82, 2.24) is 10.2 Å². The summed E-state index contributed by atoms with van der Waals surface area (Å²) in [4.78, 5) is 26.7. The number of carbonyl (C=O) groups excluding carboxylic acids is 2. The standard InChI is InChI=1S/C18H26N2O2/c1-4-12-19-18(22)15-10-11-16(21)20(5-2)17(15)14-9-7-6-8-13(14)3/h6-9,15,17H,4-5,10-12H2,1-3H3,(H,19,22)/t15-,17+/m1/s1. The molecule has 0 radical (unpaired) electrons. The number of carbonyl (C=O) groups is 2. The van der Waals surface area contributed by atoms with E-state index in [0.717, 1.165) is 17.5 Å². The van der Waals surface area contributed by atoms with E-state index in [2.05, 4.69) is 5.32 Å². The Balaban J connectivity index is 2.36. The molecule has 2 atom stereocenters. The Morgan fingerprint density at radius 2 is 2.05 bits per heavy atom. The Hall–Kier alpha value is -1.84. The lowest BCUT2D eigenvalue weighted by Crippen LogP contribution is -2.48. The molecule has 120 valence electrons. The first-order valence-electron chi connectivity index (χ1n) is 8.22. The molecule has 1 aromatic rings. The molecule has 0 unspecified atom stereocenters. The molecule has 1 aromatic carbocycles. The van der Waals surface area contributed by atoms with Crippen LogP contribution in [0.2, 0.25) is 0 Å². The van der Waals surface area contributed by atoms with Crippen molar-refractivity contribution in [3.05, 3.63) is 35.4 Å². The first-order valence-corrected chi connectivity index (χ1v) is 8.22. The molecular formula is C18H26N2O2. The maximum Gasteiger partial charge on any atom is 0.225 e. The molecule has 4 nitrogen and oxygen atoms in total. The average Bonchev–Trinajstić information content (AvgIpc) is 2.52. The van der Waals surface area contributed by atoms with Crippen LogP contribution in [-0.2, 0) is 9.59 Å². The molecule has 1 fully saturated rings. The summed E-state index contributed by atoms with van der Waals surface area (Å²) in [5, 5.41) is 3.00. The van der Waals surface area contributed by atoms with E-state index in [-0.39, 0.29) is 23.8 Å². The lowest BCUT2D eigenvalue weighted by atomic mass is 9.82. The van der Waals surface area contributed by atoms with Crippen molar-refractivity contribution in [3.8, 4) is 0 Å². The lowest BCUT2D eigenvalue weighted by Gasteiger charge is -2.41. The molecule has 1 N–H and O–H groups in total. The molecule has 0 saturated carbocycles. The van der Waals surface area contributed by atoms with Crippen LogP contribution in [0.3, 0.4) is 0 Å². The molecule has 1 aliphatic heterocycles. The summed E-state index contributed by atoms with van der Waals surface area (Å²) < 4.78 is 0. The highest BCUT2D eigenvalue weighted by Crippen LogP contribution is 2.38. The van der Waals surface area contributed by atoms with Crippen LogP contribution in [0.1, 0.15) is 50.3 Å². The highest BCUT2D eigenvalue weighted by Gasteiger charge is 2.40. The van der Waals surface area contributed by atoms with E-state index >= 15 is 0 Å². The molecule has 0 aromatic heterocycles. The van der Waals surface area contributed by atoms with Gasteiger partial charge in [0.25, 0.3) is 0 Å². The van der Waals surface area contributed by atoms with Gasteiger partial charge in [-0.1, -0.05) is 31.2 Å². The molecule has 1 aliphatic rings. The van der Waals surface area contributed by atoms with Gasteiger partial charge in [0.1, 0.15) is 0 Å². The molecule has 4 heteroatoms. The van der Waals surface area contributed by atoms with Gasteiger partial charge in [-0.3, -0.25) is 9.59 Å². The third-order valence-corrected chi connectivity index (χ3v) is 4.44. The zero-order valence-corrected chi connectivity index (χ0v) is 13.8. The van der Waals surface area contributed by atoms with Gasteiger partial charge in [0.2, 0.25) is 11.8 Å². The van der Waals surface area contributed by atoms with Crippen LogP contribution in [0.15, 0.2) is 24.3 Å². The summed E-state index contributed by atoms with van der Waals surface area (Å²) in [6.07, 6.45) is 2.01. The Kier molecular flexibility index (Phi) is 5.58. The van der Waals surface area contributed by atoms with E-state index in [1.54, 1.807) is 0 Å². The molecule has 0 aliphatic carbocycles. The largest absolute Gasteiger partial charge is 0.356 e. The number of piperidine rings is 1. The first kappa shape index (κ1) is 16.5. The number of hydrogen-bond acceptors (Lipinski definition) is 2. The highest BCUT2D eigenvalue weighted by atomic mass is 16.2. The first-order chi connectivity index (χ1) is 10.6. The normalized spacial score (nSPS) is 21.8. The van der Waals surface area contributed by atoms with E-state index in [1.807, 2.05) is 49.9 Å². The summed E-state index contributed by atoms with van der Waals surface area (Å²) >= 11 is 0. The smallest absolute Gasteiger partial charge is 0.225 e. The van der Waals surface area contributed by atoms with Crippen LogP contribution in [0.4, 0.5) is 0 Å². The van der Waals surface area contributed by atoms with E-state index in [1.165, 1.54) is 0 Å². The second-order valence-corrected chi connectivity index (χ2v) is 5.92. The number of benzene rings is 1. The van der Waals surface area contributed by atoms with Gasteiger partial charge in [-0.25, -0.2) is 0 Å². The summed E-state index contributed by atoms with van der Waals surface area (Å²) in [6.45, 7) is 7.39. The third kappa shape index (κ3) is 3.32. The Morgan fingerprint density at radius 1 is 1.32 bits per heavy atom. The van der Waals surface area contributed by atoms with E-state index in [9.17, 15) is 9.59 Å². The zero-order valence-electron chi connectivity index (χ0n) is 13.8. The number of hydrogen-bond donors (Lipinski definition) is 1. The van der Waals surface area contributed by atoms with Crippen LogP contribution in [0.5, 0.6) is 0 Å².